The summed E-state index contributed by atoms with van der Waals surface area (Å²) in [5.41, 5.74) is 12.0. The molecule has 8 N–H and O–H groups in total. The lowest BCUT2D eigenvalue weighted by Crippen LogP contribution is -2.48. The topological polar surface area (TPSA) is 206 Å². The first-order valence-electron chi connectivity index (χ1n) is 5.85. The van der Waals surface area contributed by atoms with Gasteiger partial charge in [0.15, 0.2) is 17.0 Å². The van der Waals surface area contributed by atoms with Crippen LogP contribution in [0, 0.1) is 10.1 Å². The minimum atomic E-state index is -4.51. The molecule has 0 saturated carbocycles. The van der Waals surface area contributed by atoms with Gasteiger partial charge in [0.25, 0.3) is 0 Å². The van der Waals surface area contributed by atoms with Gasteiger partial charge >= 0.3 is 7.60 Å². The van der Waals surface area contributed by atoms with Gasteiger partial charge < -0.3 is 26.6 Å². The van der Waals surface area contributed by atoms with Crippen molar-refractivity contribution in [3.63, 3.8) is 0 Å². The van der Waals surface area contributed by atoms with Gasteiger partial charge in [-0.05, 0) is 19.8 Å². The Morgan fingerprint density at radius 3 is 2.48 bits per heavy atom. The molecule has 0 aromatic carbocycles. The predicted molar refractivity (Wildman–Crippen MR) is 73.5 cm³/mol. The number of guanidine groups is 1. The maximum absolute atomic E-state index is 11.8. The van der Waals surface area contributed by atoms with Gasteiger partial charge in [-0.1, -0.05) is 0 Å². The molecule has 2 atom stereocenters. The summed E-state index contributed by atoms with van der Waals surface area (Å²) in [6.07, 6.45) is 0.276. The third-order valence-corrected chi connectivity index (χ3v) is 3.52. The molecule has 12 nitrogen and oxygen atoms in total. The summed E-state index contributed by atoms with van der Waals surface area (Å²) < 4.78 is 10.9. The third kappa shape index (κ3) is 8.78. The zero-order valence-corrected chi connectivity index (χ0v) is 12.2. The van der Waals surface area contributed by atoms with Crippen LogP contribution < -0.4 is 22.2 Å². The van der Waals surface area contributed by atoms with Crippen LogP contribution in [-0.2, 0) is 9.36 Å². The van der Waals surface area contributed by atoms with Crippen LogP contribution in [-0.4, -0.2) is 45.1 Å². The molecule has 0 rings (SSSR count). The number of rotatable bonds is 9. The van der Waals surface area contributed by atoms with E-state index in [1.807, 2.05) is 5.32 Å². The van der Waals surface area contributed by atoms with Gasteiger partial charge in [0.05, 0.1) is 0 Å². The molecule has 0 saturated heterocycles. The minimum Gasteiger partial charge on any atom is -0.370 e. The van der Waals surface area contributed by atoms with Crippen LogP contribution in [0.25, 0.3) is 0 Å². The largest absolute Gasteiger partial charge is 0.370 e. The van der Waals surface area contributed by atoms with Crippen LogP contribution in [0.15, 0.2) is 4.99 Å². The number of carbonyl (C=O) groups excluding carboxylic acids is 1. The van der Waals surface area contributed by atoms with E-state index in [0.29, 0.717) is 0 Å². The second-order valence-electron chi connectivity index (χ2n) is 4.16. The fraction of sp³-hybridized carbons (Fsp3) is 0.750. The monoisotopic (exact) mass is 326 g/mol. The summed E-state index contributed by atoms with van der Waals surface area (Å²) in [6.45, 7) is 1.26. The zero-order chi connectivity index (χ0) is 16.6. The molecule has 0 fully saturated rings. The lowest BCUT2D eigenvalue weighted by Gasteiger charge is -2.18. The molecule has 0 radical (unpaired) electrons. The first-order valence-corrected chi connectivity index (χ1v) is 7.53. The number of nitrogens with zero attached hydrogens (tertiary/aromatic N) is 2. The molecule has 0 aliphatic rings. The highest BCUT2D eigenvalue weighted by molar-refractivity contribution is 7.52. The molecular formula is C8H19N6O6P. The number of hydrazine groups is 1. The minimum absolute atomic E-state index is 0.0114. The van der Waals surface area contributed by atoms with Gasteiger partial charge in [0.2, 0.25) is 5.91 Å². The first-order chi connectivity index (χ1) is 9.54. The van der Waals surface area contributed by atoms with Crippen molar-refractivity contribution in [3.05, 3.63) is 10.1 Å². The summed E-state index contributed by atoms with van der Waals surface area (Å²) in [4.78, 5) is 43.6. The molecule has 0 spiro atoms. The Labute approximate surface area is 120 Å². The van der Waals surface area contributed by atoms with Crippen molar-refractivity contribution in [2.45, 2.75) is 31.6 Å². The van der Waals surface area contributed by atoms with E-state index < -0.39 is 30.4 Å². The van der Waals surface area contributed by atoms with Crippen LogP contribution >= 0.6 is 7.60 Å². The lowest BCUT2D eigenvalue weighted by molar-refractivity contribution is -0.548. The summed E-state index contributed by atoms with van der Waals surface area (Å²) in [5.74, 6) is -2.49. The molecule has 1 amide bonds. The number of hydrogen-bond acceptors (Lipinski definition) is 5. The van der Waals surface area contributed by atoms with E-state index in [1.54, 1.807) is 5.43 Å². The third-order valence-electron chi connectivity index (χ3n) is 2.38. The first kappa shape index (κ1) is 19.1. The van der Waals surface area contributed by atoms with Crippen molar-refractivity contribution in [3.8, 4) is 0 Å². The predicted octanol–water partition coefficient (Wildman–Crippen LogP) is -2.17. The maximum atomic E-state index is 11.8. The average molecular weight is 326 g/mol. The summed E-state index contributed by atoms with van der Waals surface area (Å²) in [5, 5.41) is 11.5. The molecule has 0 aromatic rings. The van der Waals surface area contributed by atoms with Crippen molar-refractivity contribution in [1.29, 1.82) is 0 Å². The van der Waals surface area contributed by atoms with Gasteiger partial charge in [-0.25, -0.2) is 10.1 Å². The van der Waals surface area contributed by atoms with E-state index in [-0.39, 0.29) is 25.3 Å². The molecule has 21 heavy (non-hydrogen) atoms. The zero-order valence-electron chi connectivity index (χ0n) is 11.3. The Bertz CT molecular complexity index is 447. The van der Waals surface area contributed by atoms with Crippen LogP contribution in [0.5, 0.6) is 0 Å². The van der Waals surface area contributed by atoms with Crippen molar-refractivity contribution in [1.82, 2.24) is 10.7 Å². The SMILES string of the molecule is C[C@H](NC(=O)C(CCCN=C(N)N)N[N+](=O)[O-])P(=O)(O)O. The van der Waals surface area contributed by atoms with Crippen LogP contribution in [0.1, 0.15) is 19.8 Å². The van der Waals surface area contributed by atoms with E-state index in [2.05, 4.69) is 4.99 Å². The summed E-state index contributed by atoms with van der Waals surface area (Å²) in [6, 6.07) is -1.26. The Hall–Kier alpha value is -1.91. The lowest BCUT2D eigenvalue weighted by atomic mass is 10.1. The standard InChI is InChI=1S/C8H19N6O6P/c1-5(21(18,19)20)12-7(15)6(13-14(16)17)3-2-4-11-8(9)10/h5-6,13H,2-4H2,1H3,(H,12,15)(H4,9,10,11)(H2,18,19,20)/t5-,6?/m1/s1. The normalized spacial score (nSPS) is 13.9. The molecule has 0 bridgehead atoms. The van der Waals surface area contributed by atoms with E-state index in [4.69, 9.17) is 21.3 Å². The molecule has 0 aliphatic carbocycles. The maximum Gasteiger partial charge on any atom is 0.347 e. The number of nitrogens with one attached hydrogen (secondary N) is 2. The Morgan fingerprint density at radius 2 is 2.05 bits per heavy atom. The van der Waals surface area contributed by atoms with Crippen LogP contribution in [0.2, 0.25) is 0 Å². The van der Waals surface area contributed by atoms with Gasteiger partial charge in [-0.3, -0.25) is 14.4 Å². The van der Waals surface area contributed by atoms with Crippen LogP contribution in [0.3, 0.4) is 0 Å². The molecule has 1 unspecified atom stereocenters. The highest BCUT2D eigenvalue weighted by Gasteiger charge is 2.30. The van der Waals surface area contributed by atoms with Crippen LogP contribution in [0.4, 0.5) is 0 Å². The average Bonchev–Trinajstić information content (AvgIpc) is 2.30. The fourth-order valence-electron chi connectivity index (χ4n) is 1.28. The summed E-state index contributed by atoms with van der Waals surface area (Å²) >= 11 is 0. The van der Waals surface area contributed by atoms with E-state index >= 15 is 0 Å². The Balaban J connectivity index is 4.59. The van der Waals surface area contributed by atoms with Gasteiger partial charge in [-0.2, -0.15) is 0 Å². The number of nitro groups is 1. The number of nitrogens with two attached hydrogens (primary N) is 2. The molecule has 13 heteroatoms. The summed E-state index contributed by atoms with van der Waals surface area (Å²) in [7, 11) is -4.51. The fourth-order valence-corrected chi connectivity index (χ4v) is 1.57. The molecular weight excluding hydrogens is 307 g/mol. The quantitative estimate of drug-likeness (QED) is 0.0679. The van der Waals surface area contributed by atoms with E-state index in [9.17, 15) is 19.5 Å². The molecule has 0 aromatic heterocycles. The van der Waals surface area contributed by atoms with Gasteiger partial charge in [-0.15, -0.1) is 5.43 Å². The van der Waals surface area contributed by atoms with Gasteiger partial charge in [0.1, 0.15) is 5.78 Å². The number of carbonyl (C=O) groups is 1. The Morgan fingerprint density at radius 1 is 1.48 bits per heavy atom. The highest BCUT2D eigenvalue weighted by Crippen LogP contribution is 2.39. The van der Waals surface area contributed by atoms with Crippen molar-refractivity contribution in [2.24, 2.45) is 16.5 Å². The number of aliphatic imine (C=N–C) groups is 1. The van der Waals surface area contributed by atoms with Crippen molar-refractivity contribution >= 4 is 19.5 Å². The second kappa shape index (κ2) is 8.39. The van der Waals surface area contributed by atoms with E-state index in [1.165, 1.54) is 0 Å². The van der Waals surface area contributed by atoms with E-state index in [0.717, 1.165) is 6.92 Å². The smallest absolute Gasteiger partial charge is 0.347 e. The second-order valence-corrected chi connectivity index (χ2v) is 6.11. The van der Waals surface area contributed by atoms with Crippen molar-refractivity contribution in [2.75, 3.05) is 6.54 Å². The van der Waals surface area contributed by atoms with Crippen molar-refractivity contribution < 1.29 is 24.2 Å². The Kier molecular flexibility index (Phi) is 7.63. The number of amides is 1. The molecule has 0 aliphatic heterocycles. The highest BCUT2D eigenvalue weighted by atomic mass is 31.2. The van der Waals surface area contributed by atoms with Gasteiger partial charge in [0, 0.05) is 6.54 Å². The number of hydrogen-bond donors (Lipinski definition) is 6. The molecule has 0 heterocycles. The molecule has 122 valence electrons.